The molecule has 0 saturated carbocycles. The fraction of sp³-hybridized carbons (Fsp3) is 0.192. The number of benzene rings is 3. The Labute approximate surface area is 187 Å². The van der Waals surface area contributed by atoms with Gasteiger partial charge in [-0.2, -0.15) is 0 Å². The minimum atomic E-state index is -0.589. The SMILES string of the molecule is CC(C)(C)c1ccc(-c2nc3ccccc3n2CC(=O)Nc2ccccc2C(N)=O)cc1. The van der Waals surface area contributed by atoms with E-state index < -0.39 is 5.91 Å². The van der Waals surface area contributed by atoms with Crippen LogP contribution in [0.3, 0.4) is 0 Å². The standard InChI is InChI=1S/C26H26N4O2/c1-26(2,3)18-14-12-17(13-15-18)25-29-21-10-6-7-11-22(21)30(25)16-23(31)28-20-9-5-4-8-19(20)24(27)32/h4-15H,16H2,1-3H3,(H2,27,32)(H,28,31). The maximum absolute atomic E-state index is 13.0. The van der Waals surface area contributed by atoms with E-state index in [4.69, 9.17) is 10.7 Å². The van der Waals surface area contributed by atoms with E-state index in [1.807, 2.05) is 41.0 Å². The number of nitrogens with two attached hydrogens (primary N) is 1. The normalized spacial score (nSPS) is 11.5. The van der Waals surface area contributed by atoms with Gasteiger partial charge >= 0.3 is 0 Å². The number of anilines is 1. The second-order valence-electron chi connectivity index (χ2n) is 8.80. The Morgan fingerprint density at radius 1 is 0.938 bits per heavy atom. The largest absolute Gasteiger partial charge is 0.366 e. The number of aromatic nitrogens is 2. The topological polar surface area (TPSA) is 90.0 Å². The van der Waals surface area contributed by atoms with Crippen LogP contribution < -0.4 is 11.1 Å². The highest BCUT2D eigenvalue weighted by Gasteiger charge is 2.18. The predicted molar refractivity (Wildman–Crippen MR) is 127 cm³/mol. The number of hydrogen-bond donors (Lipinski definition) is 2. The molecule has 0 atom stereocenters. The Balaban J connectivity index is 1.70. The Kier molecular flexibility index (Phi) is 5.53. The minimum absolute atomic E-state index is 0.0456. The van der Waals surface area contributed by atoms with Gasteiger partial charge in [0.2, 0.25) is 5.91 Å². The molecule has 6 nitrogen and oxygen atoms in total. The molecule has 0 unspecified atom stereocenters. The molecule has 162 valence electrons. The molecule has 0 aliphatic rings. The molecule has 6 heteroatoms. The van der Waals surface area contributed by atoms with E-state index in [1.165, 1.54) is 5.56 Å². The molecule has 2 amide bonds. The zero-order valence-electron chi connectivity index (χ0n) is 18.4. The lowest BCUT2D eigenvalue weighted by atomic mass is 9.87. The first-order valence-corrected chi connectivity index (χ1v) is 10.5. The van der Waals surface area contributed by atoms with Crippen molar-refractivity contribution in [3.8, 4) is 11.4 Å². The Morgan fingerprint density at radius 3 is 2.28 bits per heavy atom. The molecule has 0 aliphatic carbocycles. The van der Waals surface area contributed by atoms with Crippen LogP contribution in [0.25, 0.3) is 22.4 Å². The fourth-order valence-electron chi connectivity index (χ4n) is 3.72. The highest BCUT2D eigenvalue weighted by molar-refractivity contribution is 6.03. The summed E-state index contributed by atoms with van der Waals surface area (Å²) in [6.07, 6.45) is 0. The molecule has 3 N–H and O–H groups in total. The van der Waals surface area contributed by atoms with Crippen molar-refractivity contribution in [1.29, 1.82) is 0 Å². The number of carbonyl (C=O) groups excluding carboxylic acids is 2. The van der Waals surface area contributed by atoms with Crippen LogP contribution in [0, 0.1) is 0 Å². The lowest BCUT2D eigenvalue weighted by Crippen LogP contribution is -2.22. The molecule has 0 spiro atoms. The molecule has 0 aliphatic heterocycles. The average Bonchev–Trinajstić information content (AvgIpc) is 3.12. The number of nitrogens with zero attached hydrogens (tertiary/aromatic N) is 2. The van der Waals surface area contributed by atoms with Crippen molar-refractivity contribution in [1.82, 2.24) is 9.55 Å². The predicted octanol–water partition coefficient (Wildman–Crippen LogP) is 4.74. The molecule has 1 aromatic heterocycles. The summed E-state index contributed by atoms with van der Waals surface area (Å²) >= 11 is 0. The third-order valence-corrected chi connectivity index (χ3v) is 5.43. The smallest absolute Gasteiger partial charge is 0.250 e. The summed E-state index contributed by atoms with van der Waals surface area (Å²) in [6.45, 7) is 6.56. The maximum Gasteiger partial charge on any atom is 0.250 e. The van der Waals surface area contributed by atoms with E-state index in [2.05, 4.69) is 38.2 Å². The van der Waals surface area contributed by atoms with E-state index in [9.17, 15) is 9.59 Å². The Bertz CT molecular complexity index is 1300. The average molecular weight is 427 g/mol. The summed E-state index contributed by atoms with van der Waals surface area (Å²) < 4.78 is 1.89. The second kappa shape index (κ2) is 8.30. The van der Waals surface area contributed by atoms with Gasteiger partial charge in [0.25, 0.3) is 5.91 Å². The van der Waals surface area contributed by atoms with Crippen molar-refractivity contribution >= 4 is 28.5 Å². The van der Waals surface area contributed by atoms with Gasteiger partial charge in [-0.15, -0.1) is 0 Å². The van der Waals surface area contributed by atoms with Crippen LogP contribution >= 0.6 is 0 Å². The number of hydrogen-bond acceptors (Lipinski definition) is 3. The van der Waals surface area contributed by atoms with E-state index >= 15 is 0 Å². The summed E-state index contributed by atoms with van der Waals surface area (Å²) in [5, 5.41) is 2.81. The third kappa shape index (κ3) is 4.25. The summed E-state index contributed by atoms with van der Waals surface area (Å²) in [5.41, 5.74) is 9.98. The Hall–Kier alpha value is -3.93. The molecular weight excluding hydrogens is 400 g/mol. The lowest BCUT2D eigenvalue weighted by Gasteiger charge is -2.19. The van der Waals surface area contributed by atoms with Crippen molar-refractivity contribution in [2.24, 2.45) is 5.73 Å². The second-order valence-corrected chi connectivity index (χ2v) is 8.80. The van der Waals surface area contributed by atoms with Gasteiger partial charge in [0, 0.05) is 5.56 Å². The maximum atomic E-state index is 13.0. The van der Waals surface area contributed by atoms with E-state index in [1.54, 1.807) is 24.3 Å². The number of fused-ring (bicyclic) bond motifs is 1. The van der Waals surface area contributed by atoms with Gasteiger partial charge in [-0.3, -0.25) is 9.59 Å². The van der Waals surface area contributed by atoms with Gasteiger partial charge in [-0.1, -0.05) is 69.3 Å². The monoisotopic (exact) mass is 426 g/mol. The van der Waals surface area contributed by atoms with Crippen LogP contribution in [0.1, 0.15) is 36.7 Å². The molecule has 0 radical (unpaired) electrons. The quantitative estimate of drug-likeness (QED) is 0.483. The van der Waals surface area contributed by atoms with Crippen molar-refractivity contribution in [3.63, 3.8) is 0 Å². The van der Waals surface area contributed by atoms with Gasteiger partial charge in [-0.05, 0) is 35.2 Å². The molecule has 4 rings (SSSR count). The van der Waals surface area contributed by atoms with Crippen LogP contribution in [-0.2, 0) is 16.8 Å². The first-order chi connectivity index (χ1) is 15.2. The number of amides is 2. The third-order valence-electron chi connectivity index (χ3n) is 5.43. The number of rotatable bonds is 5. The summed E-state index contributed by atoms with van der Waals surface area (Å²) in [4.78, 5) is 29.4. The molecule has 0 fully saturated rings. The number of imidazole rings is 1. The van der Waals surface area contributed by atoms with Crippen LogP contribution in [0.5, 0.6) is 0 Å². The number of primary amides is 1. The summed E-state index contributed by atoms with van der Waals surface area (Å²) in [6, 6.07) is 22.7. The zero-order chi connectivity index (χ0) is 22.9. The van der Waals surface area contributed by atoms with Crippen LogP contribution in [0.2, 0.25) is 0 Å². The highest BCUT2D eigenvalue weighted by Crippen LogP contribution is 2.28. The molecule has 32 heavy (non-hydrogen) atoms. The van der Waals surface area contributed by atoms with Crippen LogP contribution in [0.4, 0.5) is 5.69 Å². The van der Waals surface area contributed by atoms with Gasteiger partial charge in [0.15, 0.2) is 0 Å². The number of para-hydroxylation sites is 3. The van der Waals surface area contributed by atoms with Crippen LogP contribution in [0.15, 0.2) is 72.8 Å². The molecule has 3 aromatic carbocycles. The minimum Gasteiger partial charge on any atom is -0.366 e. The van der Waals surface area contributed by atoms with Gasteiger partial charge in [-0.25, -0.2) is 4.98 Å². The van der Waals surface area contributed by atoms with Gasteiger partial charge in [0.05, 0.1) is 22.3 Å². The van der Waals surface area contributed by atoms with Crippen molar-refractivity contribution in [2.45, 2.75) is 32.7 Å². The lowest BCUT2D eigenvalue weighted by molar-refractivity contribution is -0.116. The van der Waals surface area contributed by atoms with E-state index in [0.29, 0.717) is 11.5 Å². The molecule has 0 saturated heterocycles. The zero-order valence-corrected chi connectivity index (χ0v) is 18.4. The summed E-state index contributed by atoms with van der Waals surface area (Å²) in [7, 11) is 0. The number of nitrogens with one attached hydrogen (secondary N) is 1. The van der Waals surface area contributed by atoms with Crippen molar-refractivity contribution < 1.29 is 9.59 Å². The van der Waals surface area contributed by atoms with E-state index in [0.717, 1.165) is 16.6 Å². The molecule has 0 bridgehead atoms. The van der Waals surface area contributed by atoms with Gasteiger partial charge in [0.1, 0.15) is 12.4 Å². The van der Waals surface area contributed by atoms with Gasteiger partial charge < -0.3 is 15.6 Å². The van der Waals surface area contributed by atoms with Crippen LogP contribution in [-0.4, -0.2) is 21.4 Å². The van der Waals surface area contributed by atoms with Crippen molar-refractivity contribution in [3.05, 3.63) is 83.9 Å². The number of carbonyl (C=O) groups is 2. The molecular formula is C26H26N4O2. The van der Waals surface area contributed by atoms with E-state index in [-0.39, 0.29) is 23.4 Å². The molecule has 1 heterocycles. The highest BCUT2D eigenvalue weighted by atomic mass is 16.2. The van der Waals surface area contributed by atoms with Crippen molar-refractivity contribution in [2.75, 3.05) is 5.32 Å². The Morgan fingerprint density at radius 2 is 1.59 bits per heavy atom. The summed E-state index contributed by atoms with van der Waals surface area (Å²) in [5.74, 6) is -0.145. The first kappa shape index (κ1) is 21.3. The first-order valence-electron chi connectivity index (χ1n) is 10.5. The fourth-order valence-corrected chi connectivity index (χ4v) is 3.72. The molecule has 4 aromatic rings.